The van der Waals surface area contributed by atoms with E-state index in [9.17, 15) is 0 Å². The molecular weight excluding hydrogens is 340 g/mol. The van der Waals surface area contributed by atoms with Crippen molar-refractivity contribution in [1.29, 1.82) is 0 Å². The summed E-state index contributed by atoms with van der Waals surface area (Å²) in [6, 6.07) is 7.59. The highest BCUT2D eigenvalue weighted by molar-refractivity contribution is 7.99. The minimum Gasteiger partial charge on any atom is -0.493 e. The van der Waals surface area contributed by atoms with E-state index in [0.29, 0.717) is 18.1 Å². The molecule has 7 nitrogen and oxygen atoms in total. The largest absolute Gasteiger partial charge is 0.493 e. The van der Waals surface area contributed by atoms with Crippen molar-refractivity contribution in [1.82, 2.24) is 19.7 Å². The second-order valence-electron chi connectivity index (χ2n) is 5.70. The Morgan fingerprint density at radius 1 is 1.16 bits per heavy atom. The zero-order valence-electron chi connectivity index (χ0n) is 14.7. The van der Waals surface area contributed by atoms with Crippen molar-refractivity contribution in [3.05, 3.63) is 30.1 Å². The molecule has 136 valence electrons. The summed E-state index contributed by atoms with van der Waals surface area (Å²) in [6.45, 7) is 5.08. The van der Waals surface area contributed by atoms with Gasteiger partial charge in [0.15, 0.2) is 22.5 Å². The van der Waals surface area contributed by atoms with Gasteiger partial charge in [-0.1, -0.05) is 23.9 Å². The van der Waals surface area contributed by atoms with Crippen LogP contribution in [0.15, 0.2) is 29.4 Å². The van der Waals surface area contributed by atoms with E-state index in [2.05, 4.69) is 15.1 Å². The third kappa shape index (κ3) is 4.87. The van der Waals surface area contributed by atoms with E-state index in [1.807, 2.05) is 35.9 Å². The molecule has 0 saturated carbocycles. The quantitative estimate of drug-likeness (QED) is 0.662. The molecule has 0 radical (unpaired) electrons. The molecule has 2 heterocycles. The van der Waals surface area contributed by atoms with E-state index < -0.39 is 0 Å². The van der Waals surface area contributed by atoms with E-state index in [-0.39, 0.29) is 0 Å². The molecule has 0 atom stereocenters. The van der Waals surface area contributed by atoms with E-state index in [1.165, 1.54) is 0 Å². The normalized spacial score (nSPS) is 15.3. The average Bonchev–Trinajstić information content (AvgIpc) is 3.01. The van der Waals surface area contributed by atoms with Gasteiger partial charge in [0, 0.05) is 32.4 Å². The smallest absolute Gasteiger partial charge is 0.191 e. The maximum absolute atomic E-state index is 5.83. The number of para-hydroxylation sites is 2. The minimum atomic E-state index is 0.355. The van der Waals surface area contributed by atoms with Crippen LogP contribution in [0.2, 0.25) is 0 Å². The van der Waals surface area contributed by atoms with Crippen LogP contribution in [0.5, 0.6) is 11.5 Å². The molecule has 0 amide bonds. The number of benzene rings is 1. The van der Waals surface area contributed by atoms with E-state index in [4.69, 9.17) is 14.2 Å². The van der Waals surface area contributed by atoms with Crippen molar-refractivity contribution >= 4 is 11.8 Å². The summed E-state index contributed by atoms with van der Waals surface area (Å²) < 4.78 is 18.5. The Labute approximate surface area is 152 Å². The Balaban J connectivity index is 1.50. The number of hydrogen-bond donors (Lipinski definition) is 0. The third-order valence-electron chi connectivity index (χ3n) is 4.09. The lowest BCUT2D eigenvalue weighted by Gasteiger charge is -2.26. The Morgan fingerprint density at radius 2 is 1.92 bits per heavy atom. The number of rotatable bonds is 8. The molecule has 0 spiro atoms. The molecule has 1 fully saturated rings. The second kappa shape index (κ2) is 9.07. The van der Waals surface area contributed by atoms with Crippen LogP contribution in [0.25, 0.3) is 0 Å². The first kappa shape index (κ1) is 18.0. The lowest BCUT2D eigenvalue weighted by atomic mass is 10.3. The molecular formula is C17H24N4O3S. The van der Waals surface area contributed by atoms with E-state index in [1.54, 1.807) is 18.9 Å². The number of nitrogens with zero attached hydrogens (tertiary/aromatic N) is 4. The first-order valence-electron chi connectivity index (χ1n) is 8.35. The van der Waals surface area contributed by atoms with Gasteiger partial charge in [0.25, 0.3) is 0 Å². The number of morpholine rings is 1. The monoisotopic (exact) mass is 364 g/mol. The molecule has 0 aliphatic carbocycles. The van der Waals surface area contributed by atoms with E-state index >= 15 is 0 Å². The molecule has 0 unspecified atom stereocenters. The Bertz CT molecular complexity index is 674. The molecule has 0 N–H and O–H groups in total. The van der Waals surface area contributed by atoms with Gasteiger partial charge < -0.3 is 18.8 Å². The van der Waals surface area contributed by atoms with Crippen LogP contribution in [0, 0.1) is 0 Å². The van der Waals surface area contributed by atoms with Crippen LogP contribution in [0.3, 0.4) is 0 Å². The molecule has 2 aromatic rings. The lowest BCUT2D eigenvalue weighted by molar-refractivity contribution is 0.0410. The molecule has 0 bridgehead atoms. The number of methoxy groups -OCH3 is 1. The molecule has 1 saturated heterocycles. The van der Waals surface area contributed by atoms with Crippen molar-refractivity contribution in [2.24, 2.45) is 7.05 Å². The number of hydrogen-bond acceptors (Lipinski definition) is 7. The minimum absolute atomic E-state index is 0.355. The van der Waals surface area contributed by atoms with Gasteiger partial charge in [-0.2, -0.15) is 0 Å². The van der Waals surface area contributed by atoms with Crippen molar-refractivity contribution in [3.8, 4) is 11.5 Å². The van der Waals surface area contributed by atoms with Gasteiger partial charge in [-0.05, 0) is 12.1 Å². The van der Waals surface area contributed by atoms with Crippen molar-refractivity contribution < 1.29 is 14.2 Å². The van der Waals surface area contributed by atoms with Gasteiger partial charge in [0.05, 0.1) is 20.3 Å². The van der Waals surface area contributed by atoms with Gasteiger partial charge >= 0.3 is 0 Å². The summed E-state index contributed by atoms with van der Waals surface area (Å²) >= 11 is 1.72. The first-order chi connectivity index (χ1) is 12.3. The molecule has 25 heavy (non-hydrogen) atoms. The zero-order valence-corrected chi connectivity index (χ0v) is 15.5. The highest BCUT2D eigenvalue weighted by Crippen LogP contribution is 2.26. The Kier molecular flexibility index (Phi) is 6.55. The van der Waals surface area contributed by atoms with Crippen molar-refractivity contribution in [3.63, 3.8) is 0 Å². The fourth-order valence-corrected chi connectivity index (χ4v) is 3.50. The van der Waals surface area contributed by atoms with Crippen molar-refractivity contribution in [2.75, 3.05) is 45.7 Å². The lowest BCUT2D eigenvalue weighted by Crippen LogP contribution is -2.37. The van der Waals surface area contributed by atoms with Crippen LogP contribution >= 0.6 is 11.8 Å². The summed E-state index contributed by atoms with van der Waals surface area (Å²) in [5, 5.41) is 9.43. The van der Waals surface area contributed by atoms with Crippen LogP contribution in [0.1, 0.15) is 5.82 Å². The Morgan fingerprint density at radius 3 is 2.68 bits per heavy atom. The standard InChI is InChI=1S/C17H24N4O3S/c1-20-16(13-24-15-6-4-3-5-14(15)22-2)18-19-17(20)25-12-9-21-7-10-23-11-8-21/h3-6H,7-13H2,1-2H3. The topological polar surface area (TPSA) is 61.6 Å². The summed E-state index contributed by atoms with van der Waals surface area (Å²) in [5.74, 6) is 3.19. The van der Waals surface area contributed by atoms with Gasteiger partial charge in [-0.3, -0.25) is 4.90 Å². The van der Waals surface area contributed by atoms with Crippen molar-refractivity contribution in [2.45, 2.75) is 11.8 Å². The predicted octanol–water partition coefficient (Wildman–Crippen LogP) is 1.83. The number of ether oxygens (including phenoxy) is 3. The van der Waals surface area contributed by atoms with Gasteiger partial charge in [0.2, 0.25) is 0 Å². The highest BCUT2D eigenvalue weighted by Gasteiger charge is 2.13. The second-order valence-corrected chi connectivity index (χ2v) is 6.76. The fourth-order valence-electron chi connectivity index (χ4n) is 2.57. The molecule has 1 aliphatic rings. The van der Waals surface area contributed by atoms with Crippen LogP contribution in [-0.2, 0) is 18.4 Å². The fraction of sp³-hybridized carbons (Fsp3) is 0.529. The maximum Gasteiger partial charge on any atom is 0.191 e. The Hall–Kier alpha value is -1.77. The molecule has 3 rings (SSSR count). The predicted molar refractivity (Wildman–Crippen MR) is 96.3 cm³/mol. The number of thioether (sulfide) groups is 1. The molecule has 1 aromatic heterocycles. The molecule has 8 heteroatoms. The zero-order chi connectivity index (χ0) is 17.5. The molecule has 1 aliphatic heterocycles. The van der Waals surface area contributed by atoms with E-state index in [0.717, 1.165) is 49.6 Å². The van der Waals surface area contributed by atoms with Gasteiger partial charge in [0.1, 0.15) is 6.61 Å². The van der Waals surface area contributed by atoms with Gasteiger partial charge in [-0.15, -0.1) is 10.2 Å². The summed E-state index contributed by atoms with van der Waals surface area (Å²) in [4.78, 5) is 2.42. The van der Waals surface area contributed by atoms with Crippen LogP contribution in [-0.4, -0.2) is 65.4 Å². The SMILES string of the molecule is COc1ccccc1OCc1nnc(SCCN2CCOCC2)n1C. The number of aromatic nitrogens is 3. The van der Waals surface area contributed by atoms with Crippen LogP contribution in [0.4, 0.5) is 0 Å². The maximum atomic E-state index is 5.83. The van der Waals surface area contributed by atoms with Crippen LogP contribution < -0.4 is 9.47 Å². The third-order valence-corrected chi connectivity index (χ3v) is 5.09. The average molecular weight is 364 g/mol. The summed E-state index contributed by atoms with van der Waals surface area (Å²) in [5.41, 5.74) is 0. The molecule has 1 aromatic carbocycles. The first-order valence-corrected chi connectivity index (χ1v) is 9.33. The highest BCUT2D eigenvalue weighted by atomic mass is 32.2. The summed E-state index contributed by atoms with van der Waals surface area (Å²) in [7, 11) is 3.60. The summed E-state index contributed by atoms with van der Waals surface area (Å²) in [6.07, 6.45) is 0. The van der Waals surface area contributed by atoms with Gasteiger partial charge in [-0.25, -0.2) is 0 Å².